The third kappa shape index (κ3) is 3.54. The Balaban J connectivity index is 1.54. The molecule has 0 atom stereocenters. The zero-order valence-electron chi connectivity index (χ0n) is 13.5. The molecule has 2 aromatic rings. The monoisotopic (exact) mass is 347 g/mol. The van der Waals surface area contributed by atoms with Gasteiger partial charge in [0.2, 0.25) is 5.95 Å². The minimum atomic E-state index is -0.167. The SMILES string of the molecule is OC1CCC(Nc2ncc(Cl)c(-c3[nH]ncc3CC3CC3)n2)CC1. The van der Waals surface area contributed by atoms with Crippen LogP contribution in [0.5, 0.6) is 0 Å². The molecule has 2 fully saturated rings. The average molecular weight is 348 g/mol. The zero-order chi connectivity index (χ0) is 16.5. The summed E-state index contributed by atoms with van der Waals surface area (Å²) in [6.07, 6.45) is 10.5. The summed E-state index contributed by atoms with van der Waals surface area (Å²) in [6.45, 7) is 0. The van der Waals surface area contributed by atoms with Gasteiger partial charge in [-0.2, -0.15) is 5.10 Å². The lowest BCUT2D eigenvalue weighted by Crippen LogP contribution is -2.29. The van der Waals surface area contributed by atoms with Crippen molar-refractivity contribution in [3.8, 4) is 11.4 Å². The van der Waals surface area contributed by atoms with E-state index in [0.29, 0.717) is 22.7 Å². The Morgan fingerprint density at radius 2 is 1.96 bits per heavy atom. The second-order valence-electron chi connectivity index (χ2n) is 6.96. The number of hydrogen-bond acceptors (Lipinski definition) is 5. The lowest BCUT2D eigenvalue weighted by Gasteiger charge is -2.26. The highest BCUT2D eigenvalue weighted by molar-refractivity contribution is 6.32. The highest BCUT2D eigenvalue weighted by atomic mass is 35.5. The van der Waals surface area contributed by atoms with Gasteiger partial charge in [0.1, 0.15) is 5.69 Å². The lowest BCUT2D eigenvalue weighted by atomic mass is 9.93. The number of aliphatic hydroxyl groups excluding tert-OH is 1. The summed E-state index contributed by atoms with van der Waals surface area (Å²) in [5.74, 6) is 1.36. The number of aromatic nitrogens is 4. The Morgan fingerprint density at radius 1 is 1.17 bits per heavy atom. The summed E-state index contributed by atoms with van der Waals surface area (Å²) in [7, 11) is 0. The van der Waals surface area contributed by atoms with Crippen molar-refractivity contribution in [1.82, 2.24) is 20.2 Å². The van der Waals surface area contributed by atoms with Crippen LogP contribution in [0.2, 0.25) is 5.02 Å². The molecule has 7 heteroatoms. The fourth-order valence-electron chi connectivity index (χ4n) is 3.32. The van der Waals surface area contributed by atoms with Crippen molar-refractivity contribution in [3.05, 3.63) is 23.0 Å². The van der Waals surface area contributed by atoms with Crippen LogP contribution in [0, 0.1) is 5.92 Å². The van der Waals surface area contributed by atoms with E-state index in [1.54, 1.807) is 6.20 Å². The Labute approximate surface area is 146 Å². The zero-order valence-corrected chi connectivity index (χ0v) is 14.3. The fourth-order valence-corrected chi connectivity index (χ4v) is 3.50. The third-order valence-corrected chi connectivity index (χ3v) is 5.21. The Bertz CT molecular complexity index is 707. The Morgan fingerprint density at radius 3 is 2.71 bits per heavy atom. The predicted octanol–water partition coefficient (Wildman–Crippen LogP) is 3.19. The minimum absolute atomic E-state index is 0.167. The first-order valence-corrected chi connectivity index (χ1v) is 9.06. The van der Waals surface area contributed by atoms with E-state index in [1.807, 2.05) is 6.20 Å². The van der Waals surface area contributed by atoms with Gasteiger partial charge in [0.15, 0.2) is 0 Å². The van der Waals surface area contributed by atoms with Crippen molar-refractivity contribution in [1.29, 1.82) is 0 Å². The summed E-state index contributed by atoms with van der Waals surface area (Å²) in [4.78, 5) is 8.94. The molecule has 2 aromatic heterocycles. The molecular weight excluding hydrogens is 326 g/mol. The lowest BCUT2D eigenvalue weighted by molar-refractivity contribution is 0.126. The van der Waals surface area contributed by atoms with E-state index in [4.69, 9.17) is 11.6 Å². The molecule has 0 bridgehead atoms. The summed E-state index contributed by atoms with van der Waals surface area (Å²) >= 11 is 6.34. The summed E-state index contributed by atoms with van der Waals surface area (Å²) in [6, 6.07) is 0.301. The van der Waals surface area contributed by atoms with Gasteiger partial charge in [0.25, 0.3) is 0 Å². The number of nitrogens with one attached hydrogen (secondary N) is 2. The van der Waals surface area contributed by atoms with Gasteiger partial charge >= 0.3 is 0 Å². The van der Waals surface area contributed by atoms with Gasteiger partial charge in [-0.05, 0) is 56.4 Å². The standard InChI is InChI=1S/C17H22ClN5O/c18-14-9-19-17(21-12-3-5-13(24)6-4-12)22-16(14)15-11(8-20-23-15)7-10-1-2-10/h8-10,12-13,24H,1-7H2,(H,20,23)(H,19,21,22). The van der Waals surface area contributed by atoms with E-state index in [2.05, 4.69) is 25.5 Å². The Hall–Kier alpha value is -1.66. The molecule has 0 aromatic carbocycles. The van der Waals surface area contributed by atoms with Crippen LogP contribution in [0.3, 0.4) is 0 Å². The van der Waals surface area contributed by atoms with E-state index >= 15 is 0 Å². The predicted molar refractivity (Wildman–Crippen MR) is 92.9 cm³/mol. The molecule has 6 nitrogen and oxygen atoms in total. The van der Waals surface area contributed by atoms with Crippen LogP contribution in [0.15, 0.2) is 12.4 Å². The topological polar surface area (TPSA) is 86.7 Å². The highest BCUT2D eigenvalue weighted by Gasteiger charge is 2.25. The van der Waals surface area contributed by atoms with Crippen molar-refractivity contribution >= 4 is 17.5 Å². The first kappa shape index (κ1) is 15.8. The maximum Gasteiger partial charge on any atom is 0.223 e. The van der Waals surface area contributed by atoms with Crippen molar-refractivity contribution in [3.63, 3.8) is 0 Å². The van der Waals surface area contributed by atoms with Crippen LogP contribution in [0.1, 0.15) is 44.1 Å². The molecule has 24 heavy (non-hydrogen) atoms. The molecule has 0 amide bonds. The van der Waals surface area contributed by atoms with E-state index in [0.717, 1.165) is 43.7 Å². The maximum absolute atomic E-state index is 9.62. The van der Waals surface area contributed by atoms with Crippen LogP contribution in [0.25, 0.3) is 11.4 Å². The molecule has 4 rings (SSSR count). The molecule has 2 saturated carbocycles. The van der Waals surface area contributed by atoms with Crippen molar-refractivity contribution in [2.24, 2.45) is 5.92 Å². The highest BCUT2D eigenvalue weighted by Crippen LogP contribution is 2.36. The number of hydrogen-bond donors (Lipinski definition) is 3. The minimum Gasteiger partial charge on any atom is -0.393 e. The quantitative estimate of drug-likeness (QED) is 0.773. The molecule has 0 unspecified atom stereocenters. The number of aromatic amines is 1. The molecule has 0 spiro atoms. The molecule has 0 radical (unpaired) electrons. The van der Waals surface area contributed by atoms with Gasteiger partial charge in [-0.15, -0.1) is 0 Å². The van der Waals surface area contributed by atoms with E-state index in [1.165, 1.54) is 18.4 Å². The van der Waals surface area contributed by atoms with Gasteiger partial charge in [0.05, 0.1) is 29.2 Å². The first-order chi connectivity index (χ1) is 11.7. The van der Waals surface area contributed by atoms with E-state index in [9.17, 15) is 5.11 Å². The largest absolute Gasteiger partial charge is 0.393 e. The molecule has 2 aliphatic carbocycles. The number of H-pyrrole nitrogens is 1. The normalized spacial score (nSPS) is 24.1. The third-order valence-electron chi connectivity index (χ3n) is 4.93. The number of nitrogens with zero attached hydrogens (tertiary/aromatic N) is 3. The average Bonchev–Trinajstić information content (AvgIpc) is 3.28. The molecular formula is C17H22ClN5O. The van der Waals surface area contributed by atoms with Crippen LogP contribution >= 0.6 is 11.6 Å². The first-order valence-electron chi connectivity index (χ1n) is 8.69. The second-order valence-corrected chi connectivity index (χ2v) is 7.36. The van der Waals surface area contributed by atoms with Crippen molar-refractivity contribution < 1.29 is 5.11 Å². The molecule has 128 valence electrons. The Kier molecular flexibility index (Phi) is 4.41. The van der Waals surface area contributed by atoms with Crippen LogP contribution in [-0.2, 0) is 6.42 Å². The molecule has 2 heterocycles. The van der Waals surface area contributed by atoms with Crippen molar-refractivity contribution in [2.45, 2.75) is 57.1 Å². The van der Waals surface area contributed by atoms with Crippen LogP contribution in [-0.4, -0.2) is 37.4 Å². The molecule has 0 saturated heterocycles. The van der Waals surface area contributed by atoms with Gasteiger partial charge < -0.3 is 10.4 Å². The van der Waals surface area contributed by atoms with E-state index in [-0.39, 0.29) is 6.10 Å². The summed E-state index contributed by atoms with van der Waals surface area (Å²) in [5, 5.41) is 20.8. The maximum atomic E-state index is 9.62. The van der Waals surface area contributed by atoms with Gasteiger partial charge in [0, 0.05) is 6.04 Å². The molecule has 0 aliphatic heterocycles. The van der Waals surface area contributed by atoms with Crippen LogP contribution < -0.4 is 5.32 Å². The summed E-state index contributed by atoms with van der Waals surface area (Å²) in [5.41, 5.74) is 2.78. The van der Waals surface area contributed by atoms with Gasteiger partial charge in [-0.1, -0.05) is 11.6 Å². The van der Waals surface area contributed by atoms with Gasteiger partial charge in [-0.3, -0.25) is 5.10 Å². The molecule has 3 N–H and O–H groups in total. The molecule has 2 aliphatic rings. The smallest absolute Gasteiger partial charge is 0.223 e. The second kappa shape index (κ2) is 6.69. The number of halogens is 1. The fraction of sp³-hybridized carbons (Fsp3) is 0.588. The summed E-state index contributed by atoms with van der Waals surface area (Å²) < 4.78 is 0. The number of anilines is 1. The van der Waals surface area contributed by atoms with Crippen molar-refractivity contribution in [2.75, 3.05) is 5.32 Å². The number of rotatable bonds is 5. The van der Waals surface area contributed by atoms with E-state index < -0.39 is 0 Å². The van der Waals surface area contributed by atoms with Gasteiger partial charge in [-0.25, -0.2) is 9.97 Å². The number of aliphatic hydroxyl groups is 1. The van der Waals surface area contributed by atoms with Crippen LogP contribution in [0.4, 0.5) is 5.95 Å².